The van der Waals surface area contributed by atoms with Crippen LogP contribution in [0.1, 0.15) is 16.8 Å². The van der Waals surface area contributed by atoms with E-state index in [1.165, 1.54) is 0 Å². The average Bonchev–Trinajstić information content (AvgIpc) is 2.44. The van der Waals surface area contributed by atoms with Crippen LogP contribution in [0.2, 0.25) is 0 Å². The molecule has 0 aromatic heterocycles. The molecule has 0 heterocycles. The van der Waals surface area contributed by atoms with Crippen molar-refractivity contribution < 1.29 is 14.3 Å². The highest BCUT2D eigenvalue weighted by atomic mass is 16.5. The van der Waals surface area contributed by atoms with Crippen LogP contribution in [0.15, 0.2) is 24.3 Å². The molecular weight excluding hydrogens is 244 g/mol. The minimum atomic E-state index is -0.0683. The van der Waals surface area contributed by atoms with Crippen LogP contribution in [0.25, 0.3) is 0 Å². The van der Waals surface area contributed by atoms with Crippen molar-refractivity contribution in [3.8, 4) is 5.75 Å². The lowest BCUT2D eigenvalue weighted by Gasteiger charge is -2.07. The zero-order valence-electron chi connectivity index (χ0n) is 11.6. The molecule has 0 aliphatic heterocycles. The molecule has 0 bridgehead atoms. The molecule has 19 heavy (non-hydrogen) atoms. The maximum Gasteiger partial charge on any atom is 0.251 e. The summed E-state index contributed by atoms with van der Waals surface area (Å²) < 4.78 is 10.5. The fourth-order valence-corrected chi connectivity index (χ4v) is 1.50. The number of rotatable bonds is 9. The van der Waals surface area contributed by atoms with E-state index in [9.17, 15) is 4.79 Å². The Morgan fingerprint density at radius 1 is 1.16 bits per heavy atom. The van der Waals surface area contributed by atoms with E-state index < -0.39 is 0 Å². The first-order valence-electron chi connectivity index (χ1n) is 6.42. The van der Waals surface area contributed by atoms with Gasteiger partial charge in [-0.2, -0.15) is 0 Å². The largest absolute Gasteiger partial charge is 0.494 e. The number of methoxy groups -OCH3 is 1. The van der Waals surface area contributed by atoms with Gasteiger partial charge < -0.3 is 20.1 Å². The van der Waals surface area contributed by atoms with E-state index in [0.717, 1.165) is 18.7 Å². The van der Waals surface area contributed by atoms with Crippen LogP contribution < -0.4 is 15.4 Å². The van der Waals surface area contributed by atoms with Gasteiger partial charge in [-0.3, -0.25) is 4.79 Å². The highest BCUT2D eigenvalue weighted by Crippen LogP contribution is 2.12. The maximum atomic E-state index is 11.7. The minimum absolute atomic E-state index is 0.0683. The third-order valence-corrected chi connectivity index (χ3v) is 2.54. The SMILES string of the molecule is CNCCNC(=O)c1ccc(OCCCOC)cc1. The first-order valence-corrected chi connectivity index (χ1v) is 6.42. The number of amides is 1. The zero-order chi connectivity index (χ0) is 13.9. The van der Waals surface area contributed by atoms with Gasteiger partial charge in [0, 0.05) is 38.8 Å². The number of carbonyl (C=O) groups is 1. The van der Waals surface area contributed by atoms with Gasteiger partial charge in [0.25, 0.3) is 5.91 Å². The quantitative estimate of drug-likeness (QED) is 0.656. The summed E-state index contributed by atoms with van der Waals surface area (Å²) in [5, 5.41) is 5.79. The molecule has 1 aromatic carbocycles. The number of likely N-dealkylation sites (N-methyl/N-ethyl adjacent to an activating group) is 1. The highest BCUT2D eigenvalue weighted by molar-refractivity contribution is 5.94. The van der Waals surface area contributed by atoms with E-state index >= 15 is 0 Å². The van der Waals surface area contributed by atoms with Crippen molar-refractivity contribution in [2.24, 2.45) is 0 Å². The van der Waals surface area contributed by atoms with Crippen LogP contribution in [-0.4, -0.2) is 46.4 Å². The molecule has 1 amide bonds. The molecule has 0 aliphatic rings. The first kappa shape index (κ1) is 15.5. The second kappa shape index (κ2) is 9.35. The molecule has 106 valence electrons. The monoisotopic (exact) mass is 266 g/mol. The molecule has 2 N–H and O–H groups in total. The molecule has 0 aliphatic carbocycles. The van der Waals surface area contributed by atoms with Crippen molar-refractivity contribution in [1.29, 1.82) is 0 Å². The zero-order valence-corrected chi connectivity index (χ0v) is 11.6. The van der Waals surface area contributed by atoms with E-state index in [2.05, 4.69) is 10.6 Å². The molecule has 0 spiro atoms. The van der Waals surface area contributed by atoms with Crippen LogP contribution in [0.4, 0.5) is 0 Å². The van der Waals surface area contributed by atoms with Crippen molar-refractivity contribution in [2.45, 2.75) is 6.42 Å². The van der Waals surface area contributed by atoms with Gasteiger partial charge in [-0.25, -0.2) is 0 Å². The van der Waals surface area contributed by atoms with Gasteiger partial charge >= 0.3 is 0 Å². The smallest absolute Gasteiger partial charge is 0.251 e. The third-order valence-electron chi connectivity index (χ3n) is 2.54. The van der Waals surface area contributed by atoms with E-state index in [1.807, 2.05) is 7.05 Å². The number of hydrogen-bond acceptors (Lipinski definition) is 4. The van der Waals surface area contributed by atoms with Crippen LogP contribution in [0.3, 0.4) is 0 Å². The summed E-state index contributed by atoms with van der Waals surface area (Å²) in [6, 6.07) is 7.14. The molecule has 0 unspecified atom stereocenters. The summed E-state index contributed by atoms with van der Waals surface area (Å²) >= 11 is 0. The van der Waals surface area contributed by atoms with Crippen molar-refractivity contribution in [1.82, 2.24) is 10.6 Å². The number of benzene rings is 1. The van der Waals surface area contributed by atoms with Crippen molar-refractivity contribution in [3.05, 3.63) is 29.8 Å². The van der Waals surface area contributed by atoms with E-state index in [4.69, 9.17) is 9.47 Å². The molecule has 5 nitrogen and oxygen atoms in total. The summed E-state index contributed by atoms with van der Waals surface area (Å²) in [7, 11) is 3.52. The maximum absolute atomic E-state index is 11.7. The first-order chi connectivity index (χ1) is 9.27. The van der Waals surface area contributed by atoms with Crippen molar-refractivity contribution in [3.63, 3.8) is 0 Å². The Balaban J connectivity index is 2.36. The minimum Gasteiger partial charge on any atom is -0.494 e. The van der Waals surface area contributed by atoms with Gasteiger partial charge in [-0.05, 0) is 31.3 Å². The van der Waals surface area contributed by atoms with Gasteiger partial charge in [0.15, 0.2) is 0 Å². The van der Waals surface area contributed by atoms with E-state index in [1.54, 1.807) is 31.4 Å². The van der Waals surface area contributed by atoms with E-state index in [0.29, 0.717) is 25.3 Å². The molecule has 0 fully saturated rings. The molecule has 0 atom stereocenters. The predicted molar refractivity (Wildman–Crippen MR) is 74.7 cm³/mol. The van der Waals surface area contributed by atoms with E-state index in [-0.39, 0.29) is 5.91 Å². The Labute approximate surface area is 114 Å². The molecule has 1 aromatic rings. The Morgan fingerprint density at radius 3 is 2.53 bits per heavy atom. The number of ether oxygens (including phenoxy) is 2. The van der Waals surface area contributed by atoms with Crippen LogP contribution in [0, 0.1) is 0 Å². The van der Waals surface area contributed by atoms with Gasteiger partial charge in [-0.1, -0.05) is 0 Å². The summed E-state index contributed by atoms with van der Waals surface area (Å²) in [6.07, 6.45) is 0.850. The van der Waals surface area contributed by atoms with Gasteiger partial charge in [0.2, 0.25) is 0 Å². The lowest BCUT2D eigenvalue weighted by molar-refractivity contribution is 0.0954. The Bertz CT molecular complexity index is 365. The number of carbonyl (C=O) groups excluding carboxylic acids is 1. The second-order valence-electron chi connectivity index (χ2n) is 4.08. The summed E-state index contributed by atoms with van der Waals surface area (Å²) in [5.41, 5.74) is 0.639. The topological polar surface area (TPSA) is 59.6 Å². The van der Waals surface area contributed by atoms with Crippen LogP contribution in [0.5, 0.6) is 5.75 Å². The molecule has 0 radical (unpaired) electrons. The Kier molecular flexibility index (Phi) is 7.62. The second-order valence-corrected chi connectivity index (χ2v) is 4.08. The van der Waals surface area contributed by atoms with Crippen LogP contribution in [-0.2, 0) is 4.74 Å². The fourth-order valence-electron chi connectivity index (χ4n) is 1.50. The lowest BCUT2D eigenvalue weighted by atomic mass is 10.2. The number of nitrogens with one attached hydrogen (secondary N) is 2. The summed E-state index contributed by atoms with van der Waals surface area (Å²) in [4.78, 5) is 11.7. The Hall–Kier alpha value is -1.59. The highest BCUT2D eigenvalue weighted by Gasteiger charge is 2.04. The lowest BCUT2D eigenvalue weighted by Crippen LogP contribution is -2.30. The predicted octanol–water partition coefficient (Wildman–Crippen LogP) is 1.05. The fraction of sp³-hybridized carbons (Fsp3) is 0.500. The molecule has 0 saturated heterocycles. The summed E-state index contributed by atoms with van der Waals surface area (Å²) in [6.45, 7) is 2.67. The third kappa shape index (κ3) is 6.22. The van der Waals surface area contributed by atoms with Gasteiger partial charge in [0.1, 0.15) is 5.75 Å². The number of hydrogen-bond donors (Lipinski definition) is 2. The Morgan fingerprint density at radius 2 is 1.89 bits per heavy atom. The molecule has 0 saturated carbocycles. The van der Waals surface area contributed by atoms with Gasteiger partial charge in [0.05, 0.1) is 6.61 Å². The van der Waals surface area contributed by atoms with Crippen molar-refractivity contribution >= 4 is 5.91 Å². The summed E-state index contributed by atoms with van der Waals surface area (Å²) in [5.74, 6) is 0.698. The van der Waals surface area contributed by atoms with Gasteiger partial charge in [-0.15, -0.1) is 0 Å². The van der Waals surface area contributed by atoms with Crippen molar-refractivity contribution in [2.75, 3.05) is 40.5 Å². The molecular formula is C14H22N2O3. The van der Waals surface area contributed by atoms with Crippen LogP contribution >= 0.6 is 0 Å². The normalized spacial score (nSPS) is 10.2. The average molecular weight is 266 g/mol. The molecule has 5 heteroatoms. The standard InChI is InChI=1S/C14H22N2O3/c1-15-8-9-16-14(17)12-4-6-13(7-5-12)19-11-3-10-18-2/h4-7,15H,3,8-11H2,1-2H3,(H,16,17). The molecule has 1 rings (SSSR count).